The van der Waals surface area contributed by atoms with E-state index in [1.165, 1.54) is 5.56 Å². The monoisotopic (exact) mass is 329 g/mol. The number of benzene rings is 1. The number of pyridine rings is 1. The topological polar surface area (TPSA) is 59.4 Å². The summed E-state index contributed by atoms with van der Waals surface area (Å²) in [6, 6.07) is 18.5. The van der Waals surface area contributed by atoms with Crippen molar-refractivity contribution in [2.75, 3.05) is 0 Å². The van der Waals surface area contributed by atoms with Crippen molar-refractivity contribution in [3.8, 4) is 17.1 Å². The number of aryl methyl sites for hydroxylation is 2. The minimum Gasteiger partial charge on any atom is -0.282 e. The van der Waals surface area contributed by atoms with E-state index in [2.05, 4.69) is 39.6 Å². The van der Waals surface area contributed by atoms with Crippen LogP contribution in [0.5, 0.6) is 0 Å². The summed E-state index contributed by atoms with van der Waals surface area (Å²) in [7, 11) is 0. The minimum absolute atomic E-state index is 0.769. The van der Waals surface area contributed by atoms with Gasteiger partial charge in [-0.3, -0.25) is 10.1 Å². The van der Waals surface area contributed by atoms with E-state index in [1.807, 2.05) is 55.1 Å². The van der Waals surface area contributed by atoms with Crippen LogP contribution in [0.4, 0.5) is 0 Å². The number of hydrogen-bond acceptors (Lipinski definition) is 3. The Hall–Kier alpha value is -3.21. The summed E-state index contributed by atoms with van der Waals surface area (Å²) in [5, 5.41) is 11.7. The average Bonchev–Trinajstić information content (AvgIpc) is 3.24. The van der Waals surface area contributed by atoms with Gasteiger partial charge in [-0.1, -0.05) is 18.2 Å². The number of H-pyrrole nitrogens is 1. The van der Waals surface area contributed by atoms with Crippen molar-refractivity contribution in [2.45, 2.75) is 20.3 Å². The summed E-state index contributed by atoms with van der Waals surface area (Å²) in [4.78, 5) is 4.75. The van der Waals surface area contributed by atoms with E-state index < -0.39 is 0 Å². The highest BCUT2D eigenvalue weighted by molar-refractivity contribution is 5.54. The fraction of sp³-hybridized carbons (Fsp3) is 0.150. The maximum Gasteiger partial charge on any atom is 0.111 e. The SMILES string of the molecule is Cc1ccn(-c2cccc(Cc3cccc(-c4cc(C)[nH]n4)n3)c2)n1. The molecule has 3 heterocycles. The summed E-state index contributed by atoms with van der Waals surface area (Å²) in [6.45, 7) is 3.98. The molecule has 0 fully saturated rings. The van der Waals surface area contributed by atoms with E-state index in [4.69, 9.17) is 4.98 Å². The number of aromatic nitrogens is 5. The van der Waals surface area contributed by atoms with Gasteiger partial charge in [-0.05, 0) is 55.8 Å². The molecule has 0 spiro atoms. The molecule has 0 atom stereocenters. The predicted octanol–water partition coefficient (Wildman–Crippen LogP) is 3.87. The van der Waals surface area contributed by atoms with E-state index >= 15 is 0 Å². The second kappa shape index (κ2) is 6.36. The normalized spacial score (nSPS) is 11.0. The molecule has 5 heteroatoms. The zero-order valence-corrected chi connectivity index (χ0v) is 14.3. The molecular formula is C20H19N5. The predicted molar refractivity (Wildman–Crippen MR) is 97.7 cm³/mol. The Labute approximate surface area is 146 Å². The summed E-state index contributed by atoms with van der Waals surface area (Å²) < 4.78 is 1.90. The van der Waals surface area contributed by atoms with Crippen LogP contribution in [-0.2, 0) is 6.42 Å². The van der Waals surface area contributed by atoms with Crippen LogP contribution in [-0.4, -0.2) is 25.0 Å². The summed E-state index contributed by atoms with van der Waals surface area (Å²) >= 11 is 0. The van der Waals surface area contributed by atoms with Gasteiger partial charge in [0.15, 0.2) is 0 Å². The van der Waals surface area contributed by atoms with Gasteiger partial charge in [0.1, 0.15) is 5.69 Å². The summed E-state index contributed by atoms with van der Waals surface area (Å²) in [6.07, 6.45) is 2.75. The van der Waals surface area contributed by atoms with Crippen LogP contribution in [0.25, 0.3) is 17.1 Å². The molecule has 25 heavy (non-hydrogen) atoms. The Morgan fingerprint density at radius 1 is 0.960 bits per heavy atom. The van der Waals surface area contributed by atoms with Gasteiger partial charge in [-0.15, -0.1) is 0 Å². The van der Waals surface area contributed by atoms with Gasteiger partial charge in [0, 0.05) is 24.0 Å². The quantitative estimate of drug-likeness (QED) is 0.618. The van der Waals surface area contributed by atoms with E-state index in [-0.39, 0.29) is 0 Å². The molecule has 0 bridgehead atoms. The maximum absolute atomic E-state index is 4.75. The molecule has 124 valence electrons. The second-order valence-electron chi connectivity index (χ2n) is 6.20. The fourth-order valence-corrected chi connectivity index (χ4v) is 2.85. The number of nitrogens with one attached hydrogen (secondary N) is 1. The van der Waals surface area contributed by atoms with Gasteiger partial charge >= 0.3 is 0 Å². The van der Waals surface area contributed by atoms with Gasteiger partial charge in [-0.2, -0.15) is 10.2 Å². The van der Waals surface area contributed by atoms with Crippen LogP contribution >= 0.6 is 0 Å². The van der Waals surface area contributed by atoms with Crippen LogP contribution in [0.15, 0.2) is 60.8 Å². The van der Waals surface area contributed by atoms with Gasteiger partial charge < -0.3 is 0 Å². The third kappa shape index (κ3) is 3.35. The summed E-state index contributed by atoms with van der Waals surface area (Å²) in [5.41, 5.74) is 7.09. The smallest absolute Gasteiger partial charge is 0.111 e. The van der Waals surface area contributed by atoms with Crippen molar-refractivity contribution in [1.29, 1.82) is 0 Å². The molecule has 3 aromatic heterocycles. The summed E-state index contributed by atoms with van der Waals surface area (Å²) in [5.74, 6) is 0. The average molecular weight is 329 g/mol. The van der Waals surface area contributed by atoms with Crippen LogP contribution in [0.3, 0.4) is 0 Å². The first-order valence-corrected chi connectivity index (χ1v) is 8.27. The third-order valence-electron chi connectivity index (χ3n) is 4.06. The molecule has 0 unspecified atom stereocenters. The Bertz CT molecular complexity index is 930. The largest absolute Gasteiger partial charge is 0.282 e. The van der Waals surface area contributed by atoms with E-state index in [1.54, 1.807) is 0 Å². The molecule has 0 amide bonds. The molecule has 1 N–H and O–H groups in total. The van der Waals surface area contributed by atoms with E-state index in [9.17, 15) is 0 Å². The van der Waals surface area contributed by atoms with Crippen molar-refractivity contribution >= 4 is 0 Å². The van der Waals surface area contributed by atoms with Crippen molar-refractivity contribution in [2.24, 2.45) is 0 Å². The van der Waals surface area contributed by atoms with E-state index in [0.717, 1.165) is 40.6 Å². The van der Waals surface area contributed by atoms with Crippen LogP contribution in [0, 0.1) is 13.8 Å². The maximum atomic E-state index is 4.75. The molecule has 5 nitrogen and oxygen atoms in total. The standard InChI is InChI=1S/C20H19N5/c1-14-9-10-25(24-14)18-7-3-5-16(13-18)12-17-6-4-8-19(21-17)20-11-15(2)22-23-20/h3-11,13H,12H2,1-2H3,(H,22,23). The molecule has 4 aromatic rings. The molecular weight excluding hydrogens is 310 g/mol. The second-order valence-corrected chi connectivity index (χ2v) is 6.20. The number of rotatable bonds is 4. The zero-order chi connectivity index (χ0) is 17.2. The number of aromatic amines is 1. The number of hydrogen-bond donors (Lipinski definition) is 1. The van der Waals surface area contributed by atoms with Crippen molar-refractivity contribution < 1.29 is 0 Å². The van der Waals surface area contributed by atoms with Crippen molar-refractivity contribution in [1.82, 2.24) is 25.0 Å². The van der Waals surface area contributed by atoms with Gasteiger partial charge in [-0.25, -0.2) is 4.68 Å². The van der Waals surface area contributed by atoms with Gasteiger partial charge in [0.2, 0.25) is 0 Å². The molecule has 0 saturated heterocycles. The molecule has 0 aliphatic rings. The molecule has 1 aromatic carbocycles. The van der Waals surface area contributed by atoms with Crippen LogP contribution < -0.4 is 0 Å². The van der Waals surface area contributed by atoms with E-state index in [0.29, 0.717) is 0 Å². The lowest BCUT2D eigenvalue weighted by Gasteiger charge is -2.06. The Morgan fingerprint density at radius 3 is 2.60 bits per heavy atom. The highest BCUT2D eigenvalue weighted by Crippen LogP contribution is 2.18. The lowest BCUT2D eigenvalue weighted by Crippen LogP contribution is -1.98. The lowest BCUT2D eigenvalue weighted by molar-refractivity contribution is 0.860. The zero-order valence-electron chi connectivity index (χ0n) is 14.3. The van der Waals surface area contributed by atoms with Crippen molar-refractivity contribution in [3.63, 3.8) is 0 Å². The lowest BCUT2D eigenvalue weighted by atomic mass is 10.1. The highest BCUT2D eigenvalue weighted by Gasteiger charge is 2.06. The fourth-order valence-electron chi connectivity index (χ4n) is 2.85. The Kier molecular flexibility index (Phi) is 3.90. The molecule has 0 aliphatic carbocycles. The highest BCUT2D eigenvalue weighted by atomic mass is 15.3. The van der Waals surface area contributed by atoms with Crippen LogP contribution in [0.1, 0.15) is 22.6 Å². The van der Waals surface area contributed by atoms with Gasteiger partial charge in [0.25, 0.3) is 0 Å². The van der Waals surface area contributed by atoms with Crippen molar-refractivity contribution in [3.05, 3.63) is 83.4 Å². The first kappa shape index (κ1) is 15.3. The Balaban J connectivity index is 1.60. The number of nitrogens with zero attached hydrogens (tertiary/aromatic N) is 4. The Morgan fingerprint density at radius 2 is 1.84 bits per heavy atom. The van der Waals surface area contributed by atoms with Crippen LogP contribution in [0.2, 0.25) is 0 Å². The first-order chi connectivity index (χ1) is 12.2. The third-order valence-corrected chi connectivity index (χ3v) is 4.06. The molecule has 4 rings (SSSR count). The molecule has 0 radical (unpaired) electrons. The first-order valence-electron chi connectivity index (χ1n) is 8.27. The van der Waals surface area contributed by atoms with Gasteiger partial charge in [0.05, 0.1) is 17.1 Å². The molecule has 0 aliphatic heterocycles. The minimum atomic E-state index is 0.769. The molecule has 0 saturated carbocycles.